The average molecular weight is 436 g/mol. The van der Waals surface area contributed by atoms with Gasteiger partial charge in [-0.1, -0.05) is 18.1 Å². The Morgan fingerprint density at radius 1 is 1.32 bits per heavy atom. The van der Waals surface area contributed by atoms with Crippen LogP contribution in [0.25, 0.3) is 0 Å². The highest BCUT2D eigenvalue weighted by molar-refractivity contribution is 5.83. The van der Waals surface area contributed by atoms with Gasteiger partial charge in [0.1, 0.15) is 6.04 Å². The Labute approximate surface area is 180 Å². The van der Waals surface area contributed by atoms with Crippen molar-refractivity contribution in [1.29, 1.82) is 0 Å². The standard InChI is InChI=1S/C22H27F3N4O2/c1-3-11-26-19(30)9-8-17-13-27-21(31)20-18(28(17)2)10-12-29(20)14-15-4-6-16(7-5-15)22(23,24)25/h1,4-7,17-18,20H,8-14H2,2H3,(H,26,30)(H,27,31). The third kappa shape index (κ3) is 5.57. The molecule has 1 aromatic rings. The molecule has 31 heavy (non-hydrogen) atoms. The summed E-state index contributed by atoms with van der Waals surface area (Å²) in [5.41, 5.74) is 0.0479. The molecule has 2 N–H and O–H groups in total. The maximum absolute atomic E-state index is 12.8. The van der Waals surface area contributed by atoms with E-state index < -0.39 is 11.7 Å². The molecule has 2 aliphatic heterocycles. The van der Waals surface area contributed by atoms with E-state index in [2.05, 4.69) is 21.5 Å². The molecule has 6 nitrogen and oxygen atoms in total. The van der Waals surface area contributed by atoms with Crippen LogP contribution in [0, 0.1) is 12.3 Å². The number of rotatable bonds is 6. The quantitative estimate of drug-likeness (QED) is 0.666. The Morgan fingerprint density at radius 2 is 2.03 bits per heavy atom. The van der Waals surface area contributed by atoms with E-state index >= 15 is 0 Å². The van der Waals surface area contributed by atoms with Crippen molar-refractivity contribution in [2.24, 2.45) is 0 Å². The molecule has 2 heterocycles. The number of carbonyl (C=O) groups is 2. The van der Waals surface area contributed by atoms with Crippen molar-refractivity contribution in [3.05, 3.63) is 35.4 Å². The van der Waals surface area contributed by atoms with Gasteiger partial charge in [0.15, 0.2) is 0 Å². The number of nitrogens with one attached hydrogen (secondary N) is 2. The van der Waals surface area contributed by atoms with Gasteiger partial charge in [-0.15, -0.1) is 6.42 Å². The SMILES string of the molecule is C#CCNC(=O)CCC1CNC(=O)C2C(CCN2Cc2ccc(C(F)(F)F)cc2)N1C. The molecule has 2 amide bonds. The topological polar surface area (TPSA) is 64.7 Å². The van der Waals surface area contributed by atoms with Gasteiger partial charge >= 0.3 is 6.18 Å². The van der Waals surface area contributed by atoms with Crippen molar-refractivity contribution in [3.63, 3.8) is 0 Å². The highest BCUT2D eigenvalue weighted by Crippen LogP contribution is 2.31. The van der Waals surface area contributed by atoms with E-state index in [4.69, 9.17) is 6.42 Å². The minimum absolute atomic E-state index is 0.0153. The van der Waals surface area contributed by atoms with Gasteiger partial charge in [0.25, 0.3) is 0 Å². The molecule has 0 aliphatic carbocycles. The highest BCUT2D eigenvalue weighted by Gasteiger charge is 2.45. The maximum atomic E-state index is 12.8. The van der Waals surface area contributed by atoms with Crippen LogP contribution in [-0.4, -0.2) is 66.4 Å². The van der Waals surface area contributed by atoms with E-state index in [1.165, 1.54) is 12.1 Å². The molecule has 0 aromatic heterocycles. The lowest BCUT2D eigenvalue weighted by Crippen LogP contribution is -2.49. The number of halogens is 3. The number of hydrogen-bond donors (Lipinski definition) is 2. The lowest BCUT2D eigenvalue weighted by atomic mass is 10.0. The summed E-state index contributed by atoms with van der Waals surface area (Å²) in [7, 11) is 1.96. The predicted molar refractivity (Wildman–Crippen MR) is 110 cm³/mol. The number of fused-ring (bicyclic) bond motifs is 1. The second kappa shape index (κ2) is 9.71. The minimum atomic E-state index is -4.37. The van der Waals surface area contributed by atoms with Crippen LogP contribution in [0.5, 0.6) is 0 Å². The molecule has 2 aliphatic rings. The fraction of sp³-hybridized carbons (Fsp3) is 0.545. The number of likely N-dealkylation sites (tertiary alicyclic amines) is 1. The molecule has 3 rings (SSSR count). The van der Waals surface area contributed by atoms with Crippen molar-refractivity contribution < 1.29 is 22.8 Å². The van der Waals surface area contributed by atoms with Crippen molar-refractivity contribution in [2.45, 2.75) is 50.1 Å². The van der Waals surface area contributed by atoms with Gasteiger partial charge in [-0.05, 0) is 37.6 Å². The Morgan fingerprint density at radius 3 is 2.68 bits per heavy atom. The molecule has 3 unspecified atom stereocenters. The molecule has 2 saturated heterocycles. The molecule has 9 heteroatoms. The lowest BCUT2D eigenvalue weighted by molar-refractivity contribution is -0.137. The van der Waals surface area contributed by atoms with E-state index in [0.717, 1.165) is 24.1 Å². The van der Waals surface area contributed by atoms with Crippen LogP contribution >= 0.6 is 0 Å². The Kier molecular flexibility index (Phi) is 7.23. The minimum Gasteiger partial charge on any atom is -0.353 e. The van der Waals surface area contributed by atoms with Crippen LogP contribution < -0.4 is 10.6 Å². The van der Waals surface area contributed by atoms with Gasteiger partial charge in [-0.3, -0.25) is 19.4 Å². The van der Waals surface area contributed by atoms with Crippen LogP contribution in [0.4, 0.5) is 13.2 Å². The molecule has 0 spiro atoms. The van der Waals surface area contributed by atoms with Gasteiger partial charge in [0.05, 0.1) is 12.1 Å². The predicted octanol–water partition coefficient (Wildman–Crippen LogP) is 1.61. The zero-order chi connectivity index (χ0) is 22.6. The first-order chi connectivity index (χ1) is 14.7. The number of amides is 2. The lowest BCUT2D eigenvalue weighted by Gasteiger charge is -2.33. The van der Waals surface area contributed by atoms with Crippen molar-refractivity contribution >= 4 is 11.8 Å². The summed E-state index contributed by atoms with van der Waals surface area (Å²) >= 11 is 0. The van der Waals surface area contributed by atoms with Crippen LogP contribution in [0.3, 0.4) is 0 Å². The van der Waals surface area contributed by atoms with E-state index in [-0.39, 0.29) is 36.5 Å². The zero-order valence-electron chi connectivity index (χ0n) is 17.4. The van der Waals surface area contributed by atoms with Crippen LogP contribution in [0.15, 0.2) is 24.3 Å². The second-order valence-corrected chi connectivity index (χ2v) is 8.05. The molecule has 1 aromatic carbocycles. The van der Waals surface area contributed by atoms with Gasteiger partial charge in [0, 0.05) is 38.1 Å². The summed E-state index contributed by atoms with van der Waals surface area (Å²) in [4.78, 5) is 28.9. The third-order valence-corrected chi connectivity index (χ3v) is 6.11. The molecule has 168 valence electrons. The Hall–Kier alpha value is -2.57. The van der Waals surface area contributed by atoms with Crippen LogP contribution in [0.2, 0.25) is 0 Å². The Balaban J connectivity index is 1.64. The summed E-state index contributed by atoms with van der Waals surface area (Å²) in [5, 5.41) is 5.62. The Bertz CT molecular complexity index is 835. The first-order valence-corrected chi connectivity index (χ1v) is 10.3. The fourth-order valence-electron chi connectivity index (χ4n) is 4.40. The second-order valence-electron chi connectivity index (χ2n) is 8.05. The van der Waals surface area contributed by atoms with Crippen molar-refractivity contribution in [1.82, 2.24) is 20.4 Å². The van der Waals surface area contributed by atoms with Gasteiger partial charge in [-0.25, -0.2) is 0 Å². The fourth-order valence-corrected chi connectivity index (χ4v) is 4.40. The summed E-state index contributed by atoms with van der Waals surface area (Å²) in [6, 6.07) is 4.69. The number of alkyl halides is 3. The van der Waals surface area contributed by atoms with Gasteiger partial charge in [-0.2, -0.15) is 13.2 Å². The molecule has 2 fully saturated rings. The summed E-state index contributed by atoms with van der Waals surface area (Å²) in [6.45, 7) is 1.71. The zero-order valence-corrected chi connectivity index (χ0v) is 17.4. The molecule has 0 saturated carbocycles. The number of terminal acetylenes is 1. The molecule has 0 radical (unpaired) electrons. The first kappa shape index (κ1) is 23.1. The van der Waals surface area contributed by atoms with E-state index in [0.29, 0.717) is 32.5 Å². The average Bonchev–Trinajstić information content (AvgIpc) is 3.10. The van der Waals surface area contributed by atoms with Gasteiger partial charge in [0.2, 0.25) is 11.8 Å². The smallest absolute Gasteiger partial charge is 0.353 e. The summed E-state index contributed by atoms with van der Waals surface area (Å²) < 4.78 is 38.4. The van der Waals surface area contributed by atoms with Crippen LogP contribution in [-0.2, 0) is 22.3 Å². The number of benzene rings is 1. The number of nitrogens with zero attached hydrogens (tertiary/aromatic N) is 2. The van der Waals surface area contributed by atoms with E-state index in [9.17, 15) is 22.8 Å². The normalized spacial score (nSPS) is 24.7. The summed E-state index contributed by atoms with van der Waals surface area (Å²) in [6.07, 6.45) is 2.47. The monoisotopic (exact) mass is 436 g/mol. The van der Waals surface area contributed by atoms with Crippen LogP contribution in [0.1, 0.15) is 30.4 Å². The summed E-state index contributed by atoms with van der Waals surface area (Å²) in [5.74, 6) is 2.17. The van der Waals surface area contributed by atoms with E-state index in [1.807, 2.05) is 11.9 Å². The molecule has 3 atom stereocenters. The number of likely N-dealkylation sites (N-methyl/N-ethyl adjacent to an activating group) is 1. The number of carbonyl (C=O) groups excluding carboxylic acids is 2. The number of hydrogen-bond acceptors (Lipinski definition) is 4. The highest BCUT2D eigenvalue weighted by atomic mass is 19.4. The molecular formula is C22H27F3N4O2. The van der Waals surface area contributed by atoms with Crippen molar-refractivity contribution in [2.75, 3.05) is 26.7 Å². The molecule has 0 bridgehead atoms. The van der Waals surface area contributed by atoms with E-state index in [1.54, 1.807) is 0 Å². The molecular weight excluding hydrogens is 409 g/mol. The maximum Gasteiger partial charge on any atom is 0.416 e. The van der Waals surface area contributed by atoms with Crippen molar-refractivity contribution in [3.8, 4) is 12.3 Å². The third-order valence-electron chi connectivity index (χ3n) is 6.11. The first-order valence-electron chi connectivity index (χ1n) is 10.3. The van der Waals surface area contributed by atoms with Gasteiger partial charge < -0.3 is 10.6 Å². The largest absolute Gasteiger partial charge is 0.416 e.